The van der Waals surface area contributed by atoms with Crippen LogP contribution in [0.1, 0.15) is 66.3 Å². The van der Waals surface area contributed by atoms with Crippen molar-refractivity contribution in [1.82, 2.24) is 24.9 Å². The van der Waals surface area contributed by atoms with Crippen molar-refractivity contribution in [3.63, 3.8) is 0 Å². The number of carbonyl (C=O) groups excluding carboxylic acids is 2. The fourth-order valence-electron chi connectivity index (χ4n) is 4.30. The maximum Gasteiger partial charge on any atom is 0.358 e. The second-order valence-electron chi connectivity index (χ2n) is 9.78. The van der Waals surface area contributed by atoms with E-state index in [0.29, 0.717) is 34.4 Å². The third kappa shape index (κ3) is 5.99. The number of hydrogen-bond donors (Lipinski definition) is 1. The van der Waals surface area contributed by atoms with Crippen LogP contribution in [0.25, 0.3) is 10.6 Å². The molecule has 3 aromatic rings. The molecule has 0 atom stereocenters. The van der Waals surface area contributed by atoms with Crippen molar-refractivity contribution in [2.24, 2.45) is 5.92 Å². The van der Waals surface area contributed by atoms with E-state index in [1.54, 1.807) is 22.9 Å². The number of carbonyl (C=O) groups is 2. The highest BCUT2D eigenvalue weighted by molar-refractivity contribution is 7.19. The van der Waals surface area contributed by atoms with Gasteiger partial charge in [-0.15, -0.1) is 11.3 Å². The van der Waals surface area contributed by atoms with Crippen molar-refractivity contribution in [2.75, 3.05) is 19.7 Å². The molecule has 0 radical (unpaired) electrons. The summed E-state index contributed by atoms with van der Waals surface area (Å²) in [5, 5.41) is 7.26. The summed E-state index contributed by atoms with van der Waals surface area (Å²) in [7, 11) is 0. The number of nitrogens with one attached hydrogen (secondary N) is 1. The number of aromatic nitrogens is 3. The quantitative estimate of drug-likeness (QED) is 0.406. The molecular weight excluding hydrogens is 502 g/mol. The third-order valence-electron chi connectivity index (χ3n) is 6.64. The third-order valence-corrected chi connectivity index (χ3v) is 7.88. The van der Waals surface area contributed by atoms with Gasteiger partial charge in [-0.3, -0.25) is 4.79 Å². The Kier molecular flexibility index (Phi) is 7.45. The molecule has 1 N–H and O–H groups in total. The number of nitrogens with zero attached hydrogens (tertiary/aromatic N) is 4. The van der Waals surface area contributed by atoms with Crippen LogP contribution in [-0.2, 0) is 11.3 Å². The molecule has 5 rings (SSSR count). The van der Waals surface area contributed by atoms with E-state index in [1.165, 1.54) is 11.3 Å². The Balaban J connectivity index is 1.32. The summed E-state index contributed by atoms with van der Waals surface area (Å²) < 4.78 is 13.2. The molecule has 11 heteroatoms. The molecule has 192 valence electrons. The molecule has 0 aromatic carbocycles. The molecule has 3 aromatic heterocycles. The van der Waals surface area contributed by atoms with Crippen molar-refractivity contribution in [3.8, 4) is 10.6 Å². The lowest BCUT2D eigenvalue weighted by Gasteiger charge is -2.34. The van der Waals surface area contributed by atoms with Gasteiger partial charge in [-0.2, -0.15) is 0 Å². The molecule has 36 heavy (non-hydrogen) atoms. The average molecular weight is 532 g/mol. The van der Waals surface area contributed by atoms with Gasteiger partial charge in [0.05, 0.1) is 22.4 Å². The number of halogens is 1. The molecular formula is C25H30ClN5O4S. The minimum atomic E-state index is -0.519. The molecule has 1 amide bonds. The summed E-state index contributed by atoms with van der Waals surface area (Å²) in [4.78, 5) is 33.5. The highest BCUT2D eigenvalue weighted by Crippen LogP contribution is 2.31. The first-order chi connectivity index (χ1) is 17.4. The highest BCUT2D eigenvalue weighted by atomic mass is 35.5. The van der Waals surface area contributed by atoms with E-state index < -0.39 is 5.97 Å². The SMILES string of the molecule is CC(C)N1CCC(NC(=O)c2nc(C(=O)OCC3CC3)cn2Cc2cc(-c3ccc(Cl)s3)on2)CC1. The maximum atomic E-state index is 13.3. The predicted molar refractivity (Wildman–Crippen MR) is 136 cm³/mol. The summed E-state index contributed by atoms with van der Waals surface area (Å²) in [6.45, 7) is 6.84. The Morgan fingerprint density at radius 1 is 1.25 bits per heavy atom. The Bertz CT molecular complexity index is 1220. The average Bonchev–Trinajstić information content (AvgIpc) is 3.19. The van der Waals surface area contributed by atoms with Gasteiger partial charge in [-0.05, 0) is 57.6 Å². The Labute approximate surface area is 218 Å². The van der Waals surface area contributed by atoms with E-state index in [0.717, 1.165) is 43.6 Å². The number of esters is 1. The van der Waals surface area contributed by atoms with E-state index >= 15 is 0 Å². The minimum Gasteiger partial charge on any atom is -0.461 e. The number of amides is 1. The second kappa shape index (κ2) is 10.7. The molecule has 2 fully saturated rings. The predicted octanol–water partition coefficient (Wildman–Crippen LogP) is 4.47. The number of imidazole rings is 1. The van der Waals surface area contributed by atoms with Crippen LogP contribution < -0.4 is 5.32 Å². The normalized spacial score (nSPS) is 17.0. The van der Waals surface area contributed by atoms with Crippen LogP contribution in [0.5, 0.6) is 0 Å². The first kappa shape index (κ1) is 25.0. The zero-order chi connectivity index (χ0) is 25.2. The van der Waals surface area contributed by atoms with Gasteiger partial charge in [0.15, 0.2) is 17.3 Å². The zero-order valence-corrected chi connectivity index (χ0v) is 22.0. The number of hydrogen-bond acceptors (Lipinski definition) is 8. The summed E-state index contributed by atoms with van der Waals surface area (Å²) >= 11 is 7.43. The molecule has 1 saturated carbocycles. The Morgan fingerprint density at radius 3 is 2.69 bits per heavy atom. The summed E-state index contributed by atoms with van der Waals surface area (Å²) in [5.41, 5.74) is 0.716. The lowest BCUT2D eigenvalue weighted by molar-refractivity contribution is 0.0479. The summed E-state index contributed by atoms with van der Waals surface area (Å²) in [5.74, 6) is 0.356. The van der Waals surface area contributed by atoms with Crippen LogP contribution in [-0.4, -0.2) is 63.3 Å². The van der Waals surface area contributed by atoms with Crippen molar-refractivity contribution >= 4 is 34.8 Å². The van der Waals surface area contributed by atoms with Gasteiger partial charge in [-0.25, -0.2) is 9.78 Å². The molecule has 0 spiro atoms. The van der Waals surface area contributed by atoms with Gasteiger partial charge in [0.1, 0.15) is 5.69 Å². The van der Waals surface area contributed by atoms with Gasteiger partial charge in [0, 0.05) is 37.4 Å². The summed E-state index contributed by atoms with van der Waals surface area (Å²) in [6.07, 6.45) is 5.46. The fraction of sp³-hybridized carbons (Fsp3) is 0.520. The van der Waals surface area contributed by atoms with E-state index in [-0.39, 0.29) is 30.0 Å². The zero-order valence-electron chi connectivity index (χ0n) is 20.4. The molecule has 1 saturated heterocycles. The Hall–Kier alpha value is -2.69. The first-order valence-corrected chi connectivity index (χ1v) is 13.6. The van der Waals surface area contributed by atoms with Gasteiger partial charge in [0.2, 0.25) is 0 Å². The van der Waals surface area contributed by atoms with E-state index in [9.17, 15) is 9.59 Å². The van der Waals surface area contributed by atoms with Gasteiger partial charge in [-0.1, -0.05) is 16.8 Å². The van der Waals surface area contributed by atoms with E-state index in [2.05, 4.69) is 34.2 Å². The largest absolute Gasteiger partial charge is 0.461 e. The molecule has 0 bridgehead atoms. The van der Waals surface area contributed by atoms with Crippen LogP contribution in [0.3, 0.4) is 0 Å². The van der Waals surface area contributed by atoms with Crippen molar-refractivity contribution in [3.05, 3.63) is 45.9 Å². The standard InChI is InChI=1S/C25H30ClN5O4S/c1-15(2)30-9-7-17(8-10-30)27-24(32)23-28-19(25(33)34-14-16-3-4-16)13-31(23)12-18-11-20(35-29-18)21-5-6-22(26)36-21/h5-6,11,13,15-17H,3-4,7-10,12,14H2,1-2H3,(H,27,32). The van der Waals surface area contributed by atoms with Crippen LogP contribution in [0, 0.1) is 5.92 Å². The molecule has 0 unspecified atom stereocenters. The summed E-state index contributed by atoms with van der Waals surface area (Å²) in [6, 6.07) is 6.02. The van der Waals surface area contributed by atoms with Gasteiger partial charge in [0.25, 0.3) is 5.91 Å². The maximum absolute atomic E-state index is 13.3. The monoisotopic (exact) mass is 531 g/mol. The highest BCUT2D eigenvalue weighted by Gasteiger charge is 2.28. The number of likely N-dealkylation sites (tertiary alicyclic amines) is 1. The number of thiophene rings is 1. The Morgan fingerprint density at radius 2 is 2.03 bits per heavy atom. The number of piperidine rings is 1. The lowest BCUT2D eigenvalue weighted by atomic mass is 10.0. The van der Waals surface area contributed by atoms with Crippen molar-refractivity contribution < 1.29 is 18.8 Å². The molecule has 1 aliphatic carbocycles. The molecule has 1 aliphatic heterocycles. The van der Waals surface area contributed by atoms with E-state index in [1.807, 2.05) is 6.07 Å². The fourth-order valence-corrected chi connectivity index (χ4v) is 5.29. The lowest BCUT2D eigenvalue weighted by Crippen LogP contribution is -2.47. The minimum absolute atomic E-state index is 0.0603. The topological polar surface area (TPSA) is 102 Å². The van der Waals surface area contributed by atoms with Gasteiger partial charge >= 0.3 is 5.97 Å². The number of rotatable bonds is 9. The van der Waals surface area contributed by atoms with Crippen LogP contribution in [0.4, 0.5) is 0 Å². The molecule has 2 aliphatic rings. The smallest absolute Gasteiger partial charge is 0.358 e. The first-order valence-electron chi connectivity index (χ1n) is 12.4. The van der Waals surface area contributed by atoms with Gasteiger partial charge < -0.3 is 24.0 Å². The second-order valence-corrected chi connectivity index (χ2v) is 11.5. The van der Waals surface area contributed by atoms with Crippen molar-refractivity contribution in [1.29, 1.82) is 0 Å². The number of ether oxygens (including phenoxy) is 1. The van der Waals surface area contributed by atoms with E-state index in [4.69, 9.17) is 20.9 Å². The van der Waals surface area contributed by atoms with Crippen molar-refractivity contribution in [2.45, 2.75) is 58.2 Å². The van der Waals surface area contributed by atoms with Crippen LogP contribution in [0.15, 0.2) is 28.9 Å². The molecule has 9 nitrogen and oxygen atoms in total. The molecule has 4 heterocycles. The van der Waals surface area contributed by atoms with Crippen LogP contribution >= 0.6 is 22.9 Å². The van der Waals surface area contributed by atoms with Crippen LogP contribution in [0.2, 0.25) is 4.34 Å².